The summed E-state index contributed by atoms with van der Waals surface area (Å²) in [6.45, 7) is 12.1. The zero-order valence-corrected chi connectivity index (χ0v) is 18.5. The van der Waals surface area contributed by atoms with E-state index in [-0.39, 0.29) is 5.91 Å². The molecule has 0 atom stereocenters. The quantitative estimate of drug-likeness (QED) is 0.438. The van der Waals surface area contributed by atoms with Gasteiger partial charge in [0.05, 0.1) is 0 Å². The number of rotatable bonds is 7. The van der Waals surface area contributed by atoms with Crippen LogP contribution in [-0.2, 0) is 19.3 Å². The minimum atomic E-state index is -0.0549. The van der Waals surface area contributed by atoms with Crippen LogP contribution in [0.15, 0.2) is 72.8 Å². The third-order valence-corrected chi connectivity index (χ3v) is 5.38. The van der Waals surface area contributed by atoms with Crippen LogP contribution >= 0.6 is 0 Å². The summed E-state index contributed by atoms with van der Waals surface area (Å²) in [5.41, 5.74) is 9.78. The van der Waals surface area contributed by atoms with Crippen molar-refractivity contribution in [3.63, 3.8) is 0 Å². The second kappa shape index (κ2) is 9.58. The molecule has 2 heteroatoms. The van der Waals surface area contributed by atoms with E-state index in [0.717, 1.165) is 47.2 Å². The van der Waals surface area contributed by atoms with Crippen LogP contribution in [0.4, 0.5) is 5.69 Å². The number of aryl methyl sites for hydroxylation is 5. The average Bonchev–Trinajstić information content (AvgIpc) is 2.69. The molecule has 0 aromatic heterocycles. The van der Waals surface area contributed by atoms with Gasteiger partial charge in [0, 0.05) is 11.3 Å². The molecular formula is C28H31NO. The number of nitrogens with one attached hydrogen (secondary N) is 1. The molecule has 0 spiro atoms. The van der Waals surface area contributed by atoms with Gasteiger partial charge in [0.2, 0.25) is 0 Å². The molecule has 0 radical (unpaired) electrons. The smallest absolute Gasteiger partial charge is 0.255 e. The number of carbonyl (C=O) groups is 1. The summed E-state index contributed by atoms with van der Waals surface area (Å²) >= 11 is 0. The zero-order valence-electron chi connectivity index (χ0n) is 18.5. The van der Waals surface area contributed by atoms with E-state index in [1.165, 1.54) is 22.3 Å². The predicted octanol–water partition coefficient (Wildman–Crippen LogP) is 6.77. The van der Waals surface area contributed by atoms with E-state index >= 15 is 0 Å². The lowest BCUT2D eigenvalue weighted by atomic mass is 9.98. The Morgan fingerprint density at radius 3 is 2.20 bits per heavy atom. The Bertz CT molecular complexity index is 1080. The summed E-state index contributed by atoms with van der Waals surface area (Å²) in [7, 11) is 0. The van der Waals surface area contributed by atoms with E-state index in [2.05, 4.69) is 61.3 Å². The molecule has 0 saturated carbocycles. The van der Waals surface area contributed by atoms with Crippen LogP contribution in [0, 0.1) is 20.8 Å². The summed E-state index contributed by atoms with van der Waals surface area (Å²) in [6.07, 6.45) is 2.74. The minimum absolute atomic E-state index is 0.0549. The lowest BCUT2D eigenvalue weighted by Gasteiger charge is -2.13. The fourth-order valence-corrected chi connectivity index (χ4v) is 3.74. The number of amides is 1. The first-order chi connectivity index (χ1) is 14.3. The minimum Gasteiger partial charge on any atom is -0.322 e. The van der Waals surface area contributed by atoms with Crippen LogP contribution in [0.1, 0.15) is 50.7 Å². The van der Waals surface area contributed by atoms with Crippen molar-refractivity contribution in [3.05, 3.63) is 112 Å². The molecule has 3 rings (SSSR count). The van der Waals surface area contributed by atoms with Crippen LogP contribution in [0.2, 0.25) is 0 Å². The fourth-order valence-electron chi connectivity index (χ4n) is 3.74. The van der Waals surface area contributed by atoms with Gasteiger partial charge < -0.3 is 5.32 Å². The Hall–Kier alpha value is -3.13. The van der Waals surface area contributed by atoms with Gasteiger partial charge in [-0.15, -0.1) is 0 Å². The maximum atomic E-state index is 13.0. The molecule has 0 aliphatic rings. The van der Waals surface area contributed by atoms with Crippen molar-refractivity contribution < 1.29 is 4.79 Å². The van der Waals surface area contributed by atoms with Gasteiger partial charge in [-0.2, -0.15) is 0 Å². The van der Waals surface area contributed by atoms with Gasteiger partial charge >= 0.3 is 0 Å². The summed E-state index contributed by atoms with van der Waals surface area (Å²) < 4.78 is 0. The molecule has 0 unspecified atom stereocenters. The van der Waals surface area contributed by atoms with E-state index in [9.17, 15) is 4.79 Å². The van der Waals surface area contributed by atoms with Gasteiger partial charge in [-0.25, -0.2) is 0 Å². The molecule has 30 heavy (non-hydrogen) atoms. The van der Waals surface area contributed by atoms with Crippen molar-refractivity contribution in [1.82, 2.24) is 0 Å². The van der Waals surface area contributed by atoms with Gasteiger partial charge in [-0.05, 0) is 86.9 Å². The fraction of sp³-hybridized carbons (Fsp3) is 0.250. The first kappa shape index (κ1) is 21.6. The number of anilines is 1. The van der Waals surface area contributed by atoms with E-state index in [4.69, 9.17) is 0 Å². The Morgan fingerprint density at radius 2 is 1.53 bits per heavy atom. The third kappa shape index (κ3) is 5.70. The number of benzene rings is 3. The largest absolute Gasteiger partial charge is 0.322 e. The molecule has 0 fully saturated rings. The first-order valence-electron chi connectivity index (χ1n) is 10.5. The Labute approximate surface area is 180 Å². The summed E-state index contributed by atoms with van der Waals surface area (Å²) in [4.78, 5) is 13.0. The molecule has 0 saturated heterocycles. The molecule has 3 aromatic rings. The number of hydrogen-bond acceptors (Lipinski definition) is 1. The van der Waals surface area contributed by atoms with Crippen molar-refractivity contribution in [3.8, 4) is 0 Å². The molecule has 0 aliphatic heterocycles. The number of hydrogen-bond donors (Lipinski definition) is 1. The molecule has 1 N–H and O–H groups in total. The molecule has 154 valence electrons. The summed E-state index contributed by atoms with van der Waals surface area (Å²) in [5.74, 6) is -0.0549. The lowest BCUT2D eigenvalue weighted by molar-refractivity contribution is 0.102. The van der Waals surface area contributed by atoms with E-state index in [0.29, 0.717) is 0 Å². The van der Waals surface area contributed by atoms with Crippen molar-refractivity contribution in [2.45, 2.75) is 47.0 Å². The highest BCUT2D eigenvalue weighted by Crippen LogP contribution is 2.21. The maximum absolute atomic E-state index is 13.0. The van der Waals surface area contributed by atoms with Crippen LogP contribution in [-0.4, -0.2) is 5.91 Å². The highest BCUT2D eigenvalue weighted by molar-refractivity contribution is 6.05. The summed E-state index contributed by atoms with van der Waals surface area (Å²) in [5, 5.41) is 3.09. The normalized spacial score (nSPS) is 10.7. The molecule has 1 amide bonds. The topological polar surface area (TPSA) is 29.1 Å². The van der Waals surface area contributed by atoms with E-state index in [1.807, 2.05) is 39.0 Å². The second-order valence-corrected chi connectivity index (χ2v) is 8.38. The highest BCUT2D eigenvalue weighted by Gasteiger charge is 2.12. The van der Waals surface area contributed by atoms with Crippen LogP contribution in [0.3, 0.4) is 0 Å². The average molecular weight is 398 g/mol. The van der Waals surface area contributed by atoms with Crippen molar-refractivity contribution in [2.24, 2.45) is 0 Å². The predicted molar refractivity (Wildman–Crippen MR) is 127 cm³/mol. The molecule has 0 bridgehead atoms. The maximum Gasteiger partial charge on any atom is 0.255 e. The van der Waals surface area contributed by atoms with Gasteiger partial charge in [-0.3, -0.25) is 4.79 Å². The number of allylic oxidation sites excluding steroid dienone is 1. The SMILES string of the molecule is C=C(C)Cc1ccc(NC(=O)c2cc(CCc3cccc(C)c3)ccc2C)c(C)c1. The number of carbonyl (C=O) groups excluding carboxylic acids is 1. The first-order valence-corrected chi connectivity index (χ1v) is 10.5. The molecule has 3 aromatic carbocycles. The lowest BCUT2D eigenvalue weighted by Crippen LogP contribution is -2.15. The standard InChI is InChI=1S/C28H31NO/c1-19(2)15-25-13-14-27(22(5)17-25)29-28(30)26-18-24(10-9-21(26)4)12-11-23-8-6-7-20(3)16-23/h6-10,13-14,16-18H,1,11-12,15H2,2-5H3,(H,29,30). The monoisotopic (exact) mass is 397 g/mol. The molecule has 0 aliphatic carbocycles. The Kier molecular flexibility index (Phi) is 6.89. The van der Waals surface area contributed by atoms with Crippen molar-refractivity contribution in [2.75, 3.05) is 5.32 Å². The van der Waals surface area contributed by atoms with Gasteiger partial charge in [0.15, 0.2) is 0 Å². The van der Waals surface area contributed by atoms with Crippen molar-refractivity contribution in [1.29, 1.82) is 0 Å². The van der Waals surface area contributed by atoms with E-state index < -0.39 is 0 Å². The highest BCUT2D eigenvalue weighted by atomic mass is 16.1. The van der Waals surface area contributed by atoms with Crippen molar-refractivity contribution >= 4 is 11.6 Å². The van der Waals surface area contributed by atoms with E-state index in [1.54, 1.807) is 0 Å². The summed E-state index contributed by atoms with van der Waals surface area (Å²) in [6, 6.07) is 21.0. The van der Waals surface area contributed by atoms with Crippen LogP contribution in [0.25, 0.3) is 0 Å². The zero-order chi connectivity index (χ0) is 21.7. The molecule has 2 nitrogen and oxygen atoms in total. The second-order valence-electron chi connectivity index (χ2n) is 8.38. The van der Waals surface area contributed by atoms with Gasteiger partial charge in [0.25, 0.3) is 5.91 Å². The van der Waals surface area contributed by atoms with Gasteiger partial charge in [0.1, 0.15) is 0 Å². The Balaban J connectivity index is 1.72. The van der Waals surface area contributed by atoms with Crippen LogP contribution < -0.4 is 5.32 Å². The molecule has 0 heterocycles. The Morgan fingerprint density at radius 1 is 0.833 bits per heavy atom. The molecular weight excluding hydrogens is 366 g/mol. The third-order valence-electron chi connectivity index (χ3n) is 5.38. The van der Waals surface area contributed by atoms with Crippen LogP contribution in [0.5, 0.6) is 0 Å². The van der Waals surface area contributed by atoms with Gasteiger partial charge in [-0.1, -0.05) is 66.2 Å².